The fourth-order valence-electron chi connectivity index (χ4n) is 3.30. The third-order valence-corrected chi connectivity index (χ3v) is 4.67. The van der Waals surface area contributed by atoms with Crippen LogP contribution >= 0.6 is 0 Å². The van der Waals surface area contributed by atoms with E-state index in [1.54, 1.807) is 41.1 Å². The summed E-state index contributed by atoms with van der Waals surface area (Å²) < 4.78 is 17.7. The monoisotopic (exact) mass is 443 g/mol. The van der Waals surface area contributed by atoms with Gasteiger partial charge in [-0.15, -0.1) is 5.10 Å². The van der Waals surface area contributed by atoms with Gasteiger partial charge in [-0.25, -0.2) is 9.67 Å². The summed E-state index contributed by atoms with van der Waals surface area (Å²) in [6, 6.07) is 21.6. The van der Waals surface area contributed by atoms with Crippen molar-refractivity contribution in [1.29, 1.82) is 0 Å². The van der Waals surface area contributed by atoms with Gasteiger partial charge >= 0.3 is 11.9 Å². The molecule has 4 aromatic rings. The number of hydrogen-bond acceptors (Lipinski definition) is 7. The summed E-state index contributed by atoms with van der Waals surface area (Å²) >= 11 is 0. The number of methoxy groups -OCH3 is 1. The highest BCUT2D eigenvalue weighted by molar-refractivity contribution is 5.78. The average molecular weight is 443 g/mol. The lowest BCUT2D eigenvalue weighted by molar-refractivity contribution is -0.132. The number of aromatic nitrogens is 3. The summed E-state index contributed by atoms with van der Waals surface area (Å²) in [5.74, 6) is 1.01. The molecule has 8 heteroatoms. The molecule has 33 heavy (non-hydrogen) atoms. The van der Waals surface area contributed by atoms with E-state index in [2.05, 4.69) is 0 Å². The standard InChI is InChI=1S/C25H21N3O5/c1-16(29)32-22-12-8-7-11-21(22)25-26-24(27-28(25)18-9-5-4-6-10-18)20-14-13-19(31-3)15-23(20)33-17(2)30/h4-15H,1-3H3. The smallest absolute Gasteiger partial charge is 0.308 e. The molecule has 0 atom stereocenters. The van der Waals surface area contributed by atoms with Crippen molar-refractivity contribution in [3.63, 3.8) is 0 Å². The summed E-state index contributed by atoms with van der Waals surface area (Å²) in [6.07, 6.45) is 0. The van der Waals surface area contributed by atoms with E-state index in [1.165, 1.54) is 21.0 Å². The Bertz CT molecular complexity index is 1310. The molecule has 0 N–H and O–H groups in total. The number of carbonyl (C=O) groups is 2. The Kier molecular flexibility index (Phi) is 6.17. The lowest BCUT2D eigenvalue weighted by Gasteiger charge is -2.09. The first-order chi connectivity index (χ1) is 16.0. The van der Waals surface area contributed by atoms with E-state index in [1.807, 2.05) is 36.4 Å². The maximum Gasteiger partial charge on any atom is 0.308 e. The number of esters is 2. The zero-order valence-corrected chi connectivity index (χ0v) is 18.3. The van der Waals surface area contributed by atoms with Gasteiger partial charge in [0.05, 0.1) is 23.9 Å². The molecule has 0 aliphatic heterocycles. The number of rotatable bonds is 6. The fourth-order valence-corrected chi connectivity index (χ4v) is 3.30. The highest BCUT2D eigenvalue weighted by Crippen LogP contribution is 2.36. The Morgan fingerprint density at radius 1 is 0.788 bits per heavy atom. The highest BCUT2D eigenvalue weighted by Gasteiger charge is 2.21. The Hall–Kier alpha value is -4.46. The summed E-state index contributed by atoms with van der Waals surface area (Å²) in [5, 5.41) is 4.70. The summed E-state index contributed by atoms with van der Waals surface area (Å²) in [4.78, 5) is 28.1. The molecule has 166 valence electrons. The zero-order chi connectivity index (χ0) is 23.4. The zero-order valence-electron chi connectivity index (χ0n) is 18.3. The van der Waals surface area contributed by atoms with Crippen LogP contribution in [0.3, 0.4) is 0 Å². The van der Waals surface area contributed by atoms with Gasteiger partial charge in [0.2, 0.25) is 0 Å². The van der Waals surface area contributed by atoms with Gasteiger partial charge < -0.3 is 14.2 Å². The molecular formula is C25H21N3O5. The van der Waals surface area contributed by atoms with Gasteiger partial charge in [-0.1, -0.05) is 30.3 Å². The van der Waals surface area contributed by atoms with E-state index >= 15 is 0 Å². The van der Waals surface area contributed by atoms with E-state index in [9.17, 15) is 9.59 Å². The molecule has 4 rings (SSSR count). The molecule has 0 aliphatic carbocycles. The van der Waals surface area contributed by atoms with E-state index in [-0.39, 0.29) is 5.75 Å². The predicted octanol–water partition coefficient (Wildman–Crippen LogP) is 4.46. The maximum atomic E-state index is 11.7. The highest BCUT2D eigenvalue weighted by atomic mass is 16.5. The lowest BCUT2D eigenvalue weighted by Crippen LogP contribution is -2.05. The number of hydrogen-bond donors (Lipinski definition) is 0. The van der Waals surface area contributed by atoms with Crippen LogP contribution in [0.4, 0.5) is 0 Å². The largest absolute Gasteiger partial charge is 0.497 e. The molecule has 0 bridgehead atoms. The Labute approximate surface area is 190 Å². The maximum absolute atomic E-state index is 11.7. The van der Waals surface area contributed by atoms with Gasteiger partial charge in [0.1, 0.15) is 17.2 Å². The minimum absolute atomic E-state index is 0.270. The van der Waals surface area contributed by atoms with E-state index in [4.69, 9.17) is 24.3 Å². The molecule has 0 unspecified atom stereocenters. The van der Waals surface area contributed by atoms with Crippen molar-refractivity contribution in [3.05, 3.63) is 72.8 Å². The van der Waals surface area contributed by atoms with Crippen LogP contribution in [0.25, 0.3) is 28.5 Å². The molecule has 3 aromatic carbocycles. The number of benzene rings is 3. The first-order valence-electron chi connectivity index (χ1n) is 10.1. The summed E-state index contributed by atoms with van der Waals surface area (Å²) in [5.41, 5.74) is 1.84. The molecule has 0 radical (unpaired) electrons. The van der Waals surface area contributed by atoms with Crippen LogP contribution in [0.2, 0.25) is 0 Å². The van der Waals surface area contributed by atoms with E-state index in [0.717, 1.165) is 5.69 Å². The molecule has 0 saturated heterocycles. The second-order valence-electron chi connectivity index (χ2n) is 7.05. The summed E-state index contributed by atoms with van der Waals surface area (Å²) in [6.45, 7) is 2.66. The number of ether oxygens (including phenoxy) is 3. The van der Waals surface area contributed by atoms with Gasteiger partial charge in [-0.2, -0.15) is 0 Å². The molecule has 8 nitrogen and oxygen atoms in total. The Balaban J connectivity index is 1.94. The van der Waals surface area contributed by atoms with Gasteiger partial charge in [0, 0.05) is 19.9 Å². The van der Waals surface area contributed by atoms with Crippen molar-refractivity contribution in [2.24, 2.45) is 0 Å². The average Bonchev–Trinajstić information content (AvgIpc) is 3.24. The molecule has 0 spiro atoms. The van der Waals surface area contributed by atoms with Gasteiger partial charge in [0.15, 0.2) is 11.6 Å². The molecule has 0 saturated carbocycles. The van der Waals surface area contributed by atoms with Crippen LogP contribution in [0, 0.1) is 0 Å². The first kappa shape index (κ1) is 21.8. The van der Waals surface area contributed by atoms with Crippen LogP contribution < -0.4 is 14.2 Å². The second kappa shape index (κ2) is 9.35. The van der Waals surface area contributed by atoms with Crippen molar-refractivity contribution in [2.45, 2.75) is 13.8 Å². The minimum Gasteiger partial charge on any atom is -0.497 e. The second-order valence-corrected chi connectivity index (χ2v) is 7.05. The Morgan fingerprint density at radius 2 is 1.45 bits per heavy atom. The lowest BCUT2D eigenvalue weighted by atomic mass is 10.1. The van der Waals surface area contributed by atoms with Crippen LogP contribution in [-0.4, -0.2) is 33.8 Å². The van der Waals surface area contributed by atoms with E-state index in [0.29, 0.717) is 34.3 Å². The predicted molar refractivity (Wildman–Crippen MR) is 121 cm³/mol. The van der Waals surface area contributed by atoms with E-state index < -0.39 is 11.9 Å². The van der Waals surface area contributed by atoms with Crippen LogP contribution in [0.5, 0.6) is 17.2 Å². The van der Waals surface area contributed by atoms with Gasteiger partial charge in [0.25, 0.3) is 0 Å². The van der Waals surface area contributed by atoms with Crippen molar-refractivity contribution < 1.29 is 23.8 Å². The topological polar surface area (TPSA) is 92.5 Å². The molecular weight excluding hydrogens is 422 g/mol. The van der Waals surface area contributed by atoms with Crippen molar-refractivity contribution in [2.75, 3.05) is 7.11 Å². The SMILES string of the molecule is COc1ccc(-c2nc(-c3ccccc3OC(C)=O)n(-c3ccccc3)n2)c(OC(C)=O)c1. The van der Waals surface area contributed by atoms with Crippen molar-refractivity contribution in [3.8, 4) is 45.7 Å². The van der Waals surface area contributed by atoms with Crippen LogP contribution in [0.1, 0.15) is 13.8 Å². The molecule has 1 aromatic heterocycles. The van der Waals surface area contributed by atoms with Crippen LogP contribution in [0.15, 0.2) is 72.8 Å². The first-order valence-corrected chi connectivity index (χ1v) is 10.1. The van der Waals surface area contributed by atoms with Crippen LogP contribution in [-0.2, 0) is 9.59 Å². The fraction of sp³-hybridized carbons (Fsp3) is 0.120. The van der Waals surface area contributed by atoms with Crippen molar-refractivity contribution >= 4 is 11.9 Å². The number of nitrogens with zero attached hydrogens (tertiary/aromatic N) is 3. The van der Waals surface area contributed by atoms with Gasteiger partial charge in [-0.05, 0) is 36.4 Å². The molecule has 0 amide bonds. The third-order valence-electron chi connectivity index (χ3n) is 4.67. The number of carbonyl (C=O) groups excluding carboxylic acids is 2. The third kappa shape index (κ3) is 4.74. The normalized spacial score (nSPS) is 10.5. The Morgan fingerprint density at radius 3 is 2.15 bits per heavy atom. The molecule has 0 aliphatic rings. The van der Waals surface area contributed by atoms with Gasteiger partial charge in [-0.3, -0.25) is 9.59 Å². The number of para-hydroxylation sites is 2. The van der Waals surface area contributed by atoms with Crippen molar-refractivity contribution in [1.82, 2.24) is 14.8 Å². The molecule has 0 fully saturated rings. The quantitative estimate of drug-likeness (QED) is 0.321. The summed E-state index contributed by atoms with van der Waals surface area (Å²) in [7, 11) is 1.53. The molecule has 1 heterocycles. The minimum atomic E-state index is -0.479.